The molecule has 0 bridgehead atoms. The molecule has 21 heavy (non-hydrogen) atoms. The Balaban J connectivity index is 1.69. The molecule has 110 valence electrons. The summed E-state index contributed by atoms with van der Waals surface area (Å²) in [6.07, 6.45) is 4.04. The lowest BCUT2D eigenvalue weighted by Gasteiger charge is -2.19. The van der Waals surface area contributed by atoms with Crippen LogP contribution in [-0.2, 0) is 11.3 Å². The first kappa shape index (κ1) is 13.9. The van der Waals surface area contributed by atoms with Crippen molar-refractivity contribution in [1.29, 1.82) is 0 Å². The second-order valence-corrected chi connectivity index (χ2v) is 5.92. The average molecular weight is 284 g/mol. The van der Waals surface area contributed by atoms with Gasteiger partial charge in [0.15, 0.2) is 0 Å². The number of nitrogens with zero attached hydrogens (tertiary/aromatic N) is 2. The lowest BCUT2D eigenvalue weighted by Crippen LogP contribution is -2.26. The molecule has 3 rings (SSSR count). The topological polar surface area (TPSA) is 40.6 Å². The SMILES string of the molecule is CC1C/C(=C\CN2Cc3ccccc3C2=O)N(CC=O)C1. The van der Waals surface area contributed by atoms with E-state index in [4.69, 9.17) is 0 Å². The molecule has 0 radical (unpaired) electrons. The number of allylic oxidation sites excluding steroid dienone is 1. The Morgan fingerprint density at radius 1 is 1.24 bits per heavy atom. The molecule has 0 spiro atoms. The van der Waals surface area contributed by atoms with Gasteiger partial charge in [-0.25, -0.2) is 0 Å². The highest BCUT2D eigenvalue weighted by molar-refractivity contribution is 5.98. The van der Waals surface area contributed by atoms with Crippen molar-refractivity contribution in [3.8, 4) is 0 Å². The summed E-state index contributed by atoms with van der Waals surface area (Å²) in [6, 6.07) is 7.78. The van der Waals surface area contributed by atoms with Gasteiger partial charge < -0.3 is 14.6 Å². The largest absolute Gasteiger partial charge is 0.368 e. The van der Waals surface area contributed by atoms with Crippen LogP contribution in [0.15, 0.2) is 36.0 Å². The highest BCUT2D eigenvalue weighted by atomic mass is 16.2. The summed E-state index contributed by atoms with van der Waals surface area (Å²) >= 11 is 0. The fourth-order valence-corrected chi connectivity index (χ4v) is 3.22. The minimum absolute atomic E-state index is 0.107. The predicted octanol–water partition coefficient (Wildman–Crippen LogP) is 2.07. The van der Waals surface area contributed by atoms with E-state index >= 15 is 0 Å². The third-order valence-corrected chi connectivity index (χ3v) is 4.23. The quantitative estimate of drug-likeness (QED) is 0.795. The van der Waals surface area contributed by atoms with Gasteiger partial charge in [0, 0.05) is 30.9 Å². The summed E-state index contributed by atoms with van der Waals surface area (Å²) in [5, 5.41) is 0. The number of aldehydes is 1. The molecule has 2 heterocycles. The number of carbonyl (C=O) groups excluding carboxylic acids is 2. The van der Waals surface area contributed by atoms with Crippen LogP contribution in [0, 0.1) is 5.92 Å². The maximum atomic E-state index is 12.3. The van der Waals surface area contributed by atoms with Crippen molar-refractivity contribution < 1.29 is 9.59 Å². The number of benzene rings is 1. The predicted molar refractivity (Wildman–Crippen MR) is 80.7 cm³/mol. The van der Waals surface area contributed by atoms with E-state index in [0.717, 1.165) is 30.4 Å². The number of rotatable bonds is 4. The Morgan fingerprint density at radius 2 is 2.05 bits per heavy atom. The lowest BCUT2D eigenvalue weighted by molar-refractivity contribution is -0.108. The molecule has 0 saturated carbocycles. The summed E-state index contributed by atoms with van der Waals surface area (Å²) in [6.45, 7) is 4.87. The normalized spacial score (nSPS) is 23.0. The van der Waals surface area contributed by atoms with Crippen LogP contribution < -0.4 is 0 Å². The van der Waals surface area contributed by atoms with Crippen LogP contribution in [0.3, 0.4) is 0 Å². The van der Waals surface area contributed by atoms with Crippen LogP contribution in [0.2, 0.25) is 0 Å². The molecule has 0 aliphatic carbocycles. The molecule has 1 aromatic rings. The number of hydrogen-bond acceptors (Lipinski definition) is 3. The van der Waals surface area contributed by atoms with Crippen LogP contribution in [0.5, 0.6) is 0 Å². The molecule has 4 nitrogen and oxygen atoms in total. The van der Waals surface area contributed by atoms with E-state index < -0.39 is 0 Å². The summed E-state index contributed by atoms with van der Waals surface area (Å²) in [4.78, 5) is 27.0. The summed E-state index contributed by atoms with van der Waals surface area (Å²) < 4.78 is 0. The summed E-state index contributed by atoms with van der Waals surface area (Å²) in [5.74, 6) is 0.679. The molecule has 1 saturated heterocycles. The van der Waals surface area contributed by atoms with Crippen molar-refractivity contribution in [3.63, 3.8) is 0 Å². The van der Waals surface area contributed by atoms with E-state index in [9.17, 15) is 9.59 Å². The fourth-order valence-electron chi connectivity index (χ4n) is 3.22. The first-order chi connectivity index (χ1) is 10.2. The molecule has 0 N–H and O–H groups in total. The van der Waals surface area contributed by atoms with Crippen molar-refractivity contribution in [2.45, 2.75) is 19.9 Å². The molecule has 1 aromatic carbocycles. The van der Waals surface area contributed by atoms with E-state index in [1.165, 1.54) is 5.70 Å². The number of amides is 1. The fraction of sp³-hybridized carbons (Fsp3) is 0.412. The van der Waals surface area contributed by atoms with Crippen molar-refractivity contribution in [2.24, 2.45) is 5.92 Å². The Bertz CT molecular complexity index is 594. The van der Waals surface area contributed by atoms with Gasteiger partial charge in [-0.3, -0.25) is 4.79 Å². The highest BCUT2D eigenvalue weighted by Crippen LogP contribution is 2.27. The Labute approximate surface area is 125 Å². The van der Waals surface area contributed by atoms with Gasteiger partial charge in [0.1, 0.15) is 6.29 Å². The van der Waals surface area contributed by atoms with Gasteiger partial charge in [0.05, 0.1) is 6.54 Å². The molecule has 0 aromatic heterocycles. The van der Waals surface area contributed by atoms with Gasteiger partial charge in [0.2, 0.25) is 0 Å². The number of fused-ring (bicyclic) bond motifs is 1. The zero-order valence-corrected chi connectivity index (χ0v) is 12.3. The zero-order chi connectivity index (χ0) is 14.8. The third kappa shape index (κ3) is 2.71. The van der Waals surface area contributed by atoms with Gasteiger partial charge in [-0.2, -0.15) is 0 Å². The van der Waals surface area contributed by atoms with E-state index in [1.54, 1.807) is 0 Å². The summed E-state index contributed by atoms with van der Waals surface area (Å²) in [5.41, 5.74) is 3.12. The molecule has 1 amide bonds. The molecular formula is C17H20N2O2. The van der Waals surface area contributed by atoms with E-state index in [0.29, 0.717) is 25.6 Å². The molecule has 1 atom stereocenters. The van der Waals surface area contributed by atoms with Gasteiger partial charge in [-0.05, 0) is 30.0 Å². The monoisotopic (exact) mass is 284 g/mol. The Morgan fingerprint density at radius 3 is 2.81 bits per heavy atom. The van der Waals surface area contributed by atoms with Gasteiger partial charge in [-0.1, -0.05) is 25.1 Å². The van der Waals surface area contributed by atoms with Crippen LogP contribution in [0.25, 0.3) is 0 Å². The van der Waals surface area contributed by atoms with Crippen molar-refractivity contribution >= 4 is 12.2 Å². The molecule has 1 unspecified atom stereocenters. The van der Waals surface area contributed by atoms with E-state index in [-0.39, 0.29) is 5.91 Å². The van der Waals surface area contributed by atoms with E-state index in [2.05, 4.69) is 17.9 Å². The molecular weight excluding hydrogens is 264 g/mol. The summed E-state index contributed by atoms with van der Waals surface area (Å²) in [7, 11) is 0. The van der Waals surface area contributed by atoms with E-state index in [1.807, 2.05) is 29.2 Å². The minimum atomic E-state index is 0.107. The molecule has 2 aliphatic heterocycles. The molecule has 4 heteroatoms. The number of likely N-dealkylation sites (tertiary alicyclic amines) is 1. The highest BCUT2D eigenvalue weighted by Gasteiger charge is 2.27. The minimum Gasteiger partial charge on any atom is -0.368 e. The van der Waals surface area contributed by atoms with Crippen LogP contribution in [0.1, 0.15) is 29.3 Å². The zero-order valence-electron chi connectivity index (χ0n) is 12.3. The van der Waals surface area contributed by atoms with Crippen molar-refractivity contribution in [1.82, 2.24) is 9.80 Å². The number of carbonyl (C=O) groups is 2. The van der Waals surface area contributed by atoms with Crippen LogP contribution >= 0.6 is 0 Å². The standard InChI is InChI=1S/C17H20N2O2/c1-13-10-15(18(11-13)8-9-20)6-7-19-12-14-4-2-3-5-16(14)17(19)21/h2-6,9,13H,7-8,10-12H2,1H3/b15-6+. The first-order valence-electron chi connectivity index (χ1n) is 7.44. The molecule has 1 fully saturated rings. The second-order valence-electron chi connectivity index (χ2n) is 5.92. The Hall–Kier alpha value is -2.10. The smallest absolute Gasteiger partial charge is 0.254 e. The third-order valence-electron chi connectivity index (χ3n) is 4.23. The van der Waals surface area contributed by atoms with Crippen molar-refractivity contribution in [2.75, 3.05) is 19.6 Å². The maximum Gasteiger partial charge on any atom is 0.254 e. The van der Waals surface area contributed by atoms with Gasteiger partial charge >= 0.3 is 0 Å². The second kappa shape index (κ2) is 5.72. The Kier molecular flexibility index (Phi) is 3.78. The van der Waals surface area contributed by atoms with Gasteiger partial charge in [-0.15, -0.1) is 0 Å². The lowest BCUT2D eigenvalue weighted by atomic mass is 10.1. The average Bonchev–Trinajstić information content (AvgIpc) is 2.98. The van der Waals surface area contributed by atoms with Crippen molar-refractivity contribution in [3.05, 3.63) is 47.2 Å². The number of hydrogen-bond donors (Lipinski definition) is 0. The maximum absolute atomic E-state index is 12.3. The van der Waals surface area contributed by atoms with Crippen LogP contribution in [-0.4, -0.2) is 41.6 Å². The first-order valence-corrected chi connectivity index (χ1v) is 7.44. The molecule has 2 aliphatic rings. The van der Waals surface area contributed by atoms with Crippen LogP contribution in [0.4, 0.5) is 0 Å². The van der Waals surface area contributed by atoms with Gasteiger partial charge in [0.25, 0.3) is 5.91 Å².